The van der Waals surface area contributed by atoms with Crippen LogP contribution in [0.5, 0.6) is 11.5 Å². The van der Waals surface area contributed by atoms with Gasteiger partial charge in [-0.2, -0.15) is 0 Å². The first kappa shape index (κ1) is 21.6. The van der Waals surface area contributed by atoms with Gasteiger partial charge in [0, 0.05) is 29.8 Å². The van der Waals surface area contributed by atoms with Crippen molar-refractivity contribution in [1.82, 2.24) is 5.32 Å². The quantitative estimate of drug-likeness (QED) is 0.542. The number of hydrogen-bond acceptors (Lipinski definition) is 6. The van der Waals surface area contributed by atoms with Gasteiger partial charge in [0.25, 0.3) is 0 Å². The van der Waals surface area contributed by atoms with E-state index < -0.39 is 23.4 Å². The van der Waals surface area contributed by atoms with Gasteiger partial charge in [0.15, 0.2) is 0 Å². The van der Waals surface area contributed by atoms with E-state index in [2.05, 4.69) is 16.0 Å². The van der Waals surface area contributed by atoms with Crippen molar-refractivity contribution in [3.05, 3.63) is 47.5 Å². The van der Waals surface area contributed by atoms with Gasteiger partial charge in [-0.25, -0.2) is 0 Å². The zero-order valence-corrected chi connectivity index (χ0v) is 18.2. The van der Waals surface area contributed by atoms with Crippen molar-refractivity contribution in [2.24, 2.45) is 11.7 Å². The first-order valence-corrected chi connectivity index (χ1v) is 10.3. The number of nitrogens with two attached hydrogens (primary N) is 1. The van der Waals surface area contributed by atoms with Crippen molar-refractivity contribution >= 4 is 29.1 Å². The number of amides is 3. The van der Waals surface area contributed by atoms with Crippen LogP contribution in [0.15, 0.2) is 36.4 Å². The second-order valence-electron chi connectivity index (χ2n) is 8.12. The summed E-state index contributed by atoms with van der Waals surface area (Å²) in [5, 5.41) is 9.08. The molecule has 2 aliphatic rings. The van der Waals surface area contributed by atoms with Crippen molar-refractivity contribution in [2.45, 2.75) is 31.3 Å². The molecule has 2 heterocycles. The summed E-state index contributed by atoms with van der Waals surface area (Å²) in [6.45, 7) is 1.89. The molecule has 0 aromatic heterocycles. The molecule has 2 aromatic rings. The number of carbonyl (C=O) groups excluding carboxylic acids is 3. The van der Waals surface area contributed by atoms with Crippen LogP contribution in [0, 0.1) is 12.8 Å². The lowest BCUT2D eigenvalue weighted by atomic mass is 9.79. The topological polar surface area (TPSA) is 132 Å². The number of methoxy groups -OCH3 is 2. The molecule has 2 aromatic carbocycles. The van der Waals surface area contributed by atoms with Gasteiger partial charge in [0.1, 0.15) is 17.0 Å². The third kappa shape index (κ3) is 3.44. The zero-order valence-electron chi connectivity index (χ0n) is 18.2. The van der Waals surface area contributed by atoms with Gasteiger partial charge in [-0.1, -0.05) is 18.2 Å². The lowest BCUT2D eigenvalue weighted by Gasteiger charge is -2.29. The molecule has 1 saturated heterocycles. The molecule has 0 unspecified atom stereocenters. The van der Waals surface area contributed by atoms with Crippen molar-refractivity contribution in [1.29, 1.82) is 0 Å². The van der Waals surface area contributed by atoms with Crippen LogP contribution in [-0.4, -0.2) is 38.0 Å². The predicted octanol–water partition coefficient (Wildman–Crippen LogP) is 1.65. The molecule has 9 nitrogen and oxygen atoms in total. The van der Waals surface area contributed by atoms with Crippen LogP contribution in [-0.2, 0) is 19.9 Å². The molecule has 0 radical (unpaired) electrons. The Kier molecular flexibility index (Phi) is 5.52. The second kappa shape index (κ2) is 8.16. The maximum Gasteiger partial charge on any atom is 0.250 e. The maximum absolute atomic E-state index is 13.6. The Morgan fingerprint density at radius 1 is 1.22 bits per heavy atom. The predicted molar refractivity (Wildman–Crippen MR) is 119 cm³/mol. The largest absolute Gasteiger partial charge is 0.497 e. The van der Waals surface area contributed by atoms with Crippen molar-refractivity contribution < 1.29 is 23.9 Å². The zero-order chi connectivity index (χ0) is 23.0. The average molecular weight is 438 g/mol. The molecule has 0 aliphatic carbocycles. The van der Waals surface area contributed by atoms with Crippen molar-refractivity contribution in [2.75, 3.05) is 24.9 Å². The first-order chi connectivity index (χ1) is 15.3. The highest BCUT2D eigenvalue weighted by Gasteiger charge is 2.60. The number of aryl methyl sites for hydroxylation is 1. The highest BCUT2D eigenvalue weighted by Crippen LogP contribution is 2.48. The summed E-state index contributed by atoms with van der Waals surface area (Å²) in [6.07, 6.45) is 0.282. The van der Waals surface area contributed by atoms with Crippen LogP contribution in [0.1, 0.15) is 24.0 Å². The Balaban J connectivity index is 1.75. The molecule has 3 atom stereocenters. The number of nitrogens with one attached hydrogen (secondary N) is 3. The SMILES string of the molecule is COc1ccc(OC)c(NC(=O)[C@H]2C[C@H](CC(N)=O)N[C@@]23C(=O)Nc2c(C)cccc23)c1. The number of primary amides is 1. The standard InChI is InChI=1S/C23H26N4O5/c1-12-5-4-6-15-20(12)26-22(30)23(15)16(9-13(27-23)10-19(24)28)21(29)25-17-11-14(31-2)7-8-18(17)32-3/h4-8,11,13,16,27H,9-10H2,1-3H3,(H2,24,28)(H,25,29)(H,26,30)/t13-,16-,23-/m1/s1. The van der Waals surface area contributed by atoms with Crippen LogP contribution in [0.25, 0.3) is 0 Å². The van der Waals surface area contributed by atoms with Crippen LogP contribution in [0.2, 0.25) is 0 Å². The van der Waals surface area contributed by atoms with Crippen LogP contribution in [0.3, 0.4) is 0 Å². The average Bonchev–Trinajstić information content (AvgIpc) is 3.27. The molecule has 0 saturated carbocycles. The number of anilines is 2. The molecule has 9 heteroatoms. The van der Waals surface area contributed by atoms with Crippen LogP contribution >= 0.6 is 0 Å². The minimum atomic E-state index is -1.31. The van der Waals surface area contributed by atoms with E-state index in [0.717, 1.165) is 5.56 Å². The molecule has 4 rings (SSSR count). The van der Waals surface area contributed by atoms with Gasteiger partial charge >= 0.3 is 0 Å². The molecule has 168 valence electrons. The van der Waals surface area contributed by atoms with E-state index in [9.17, 15) is 14.4 Å². The number of carbonyl (C=O) groups is 3. The molecule has 1 fully saturated rings. The van der Waals surface area contributed by atoms with E-state index in [1.54, 1.807) is 18.2 Å². The molecule has 1 spiro atoms. The van der Waals surface area contributed by atoms with E-state index in [0.29, 0.717) is 28.4 Å². The van der Waals surface area contributed by atoms with Gasteiger partial charge in [0.2, 0.25) is 17.7 Å². The molecule has 3 amide bonds. The molecule has 5 N–H and O–H groups in total. The molecule has 0 bridgehead atoms. The van der Waals surface area contributed by atoms with Gasteiger partial charge in [0.05, 0.1) is 25.8 Å². The highest BCUT2D eigenvalue weighted by molar-refractivity contribution is 6.11. The Bertz CT molecular complexity index is 1100. The molecular weight excluding hydrogens is 412 g/mol. The Labute approximate surface area is 185 Å². The monoisotopic (exact) mass is 438 g/mol. The highest BCUT2D eigenvalue weighted by atomic mass is 16.5. The van der Waals surface area contributed by atoms with Gasteiger partial charge in [-0.05, 0) is 31.0 Å². The summed E-state index contributed by atoms with van der Waals surface area (Å²) < 4.78 is 10.6. The third-order valence-corrected chi connectivity index (χ3v) is 6.20. The summed E-state index contributed by atoms with van der Waals surface area (Å²) in [7, 11) is 3.03. The molecular formula is C23H26N4O5. The fraction of sp³-hybridized carbons (Fsp3) is 0.348. The number of hydrogen-bond donors (Lipinski definition) is 4. The number of ether oxygens (including phenoxy) is 2. The lowest BCUT2D eigenvalue weighted by Crippen LogP contribution is -2.52. The first-order valence-electron chi connectivity index (χ1n) is 10.3. The van der Waals surface area contributed by atoms with Crippen LogP contribution in [0.4, 0.5) is 11.4 Å². The number of fused-ring (bicyclic) bond motifs is 2. The van der Waals surface area contributed by atoms with Crippen LogP contribution < -0.4 is 31.2 Å². The van der Waals surface area contributed by atoms with E-state index in [-0.39, 0.29) is 24.7 Å². The minimum Gasteiger partial charge on any atom is -0.497 e. The Hall–Kier alpha value is -3.59. The number of rotatable bonds is 6. The van der Waals surface area contributed by atoms with Gasteiger partial charge < -0.3 is 25.8 Å². The number of benzene rings is 2. The van der Waals surface area contributed by atoms with Gasteiger partial charge in [-0.3, -0.25) is 19.7 Å². The minimum absolute atomic E-state index is 0.0163. The Morgan fingerprint density at radius 3 is 2.69 bits per heavy atom. The summed E-state index contributed by atoms with van der Waals surface area (Å²) in [5.74, 6) is -0.986. The summed E-state index contributed by atoms with van der Waals surface area (Å²) >= 11 is 0. The summed E-state index contributed by atoms with van der Waals surface area (Å²) in [4.78, 5) is 38.5. The van der Waals surface area contributed by atoms with Gasteiger partial charge in [-0.15, -0.1) is 0 Å². The van der Waals surface area contributed by atoms with E-state index >= 15 is 0 Å². The van der Waals surface area contributed by atoms with Crippen molar-refractivity contribution in [3.63, 3.8) is 0 Å². The van der Waals surface area contributed by atoms with E-state index in [1.165, 1.54) is 14.2 Å². The summed E-state index contributed by atoms with van der Waals surface area (Å²) in [6, 6.07) is 10.2. The van der Waals surface area contributed by atoms with E-state index in [1.807, 2.05) is 25.1 Å². The normalized spacial score (nSPS) is 23.5. The maximum atomic E-state index is 13.6. The lowest BCUT2D eigenvalue weighted by molar-refractivity contribution is -0.130. The fourth-order valence-corrected chi connectivity index (χ4v) is 4.74. The molecule has 32 heavy (non-hydrogen) atoms. The molecule has 2 aliphatic heterocycles. The Morgan fingerprint density at radius 2 is 2.00 bits per heavy atom. The third-order valence-electron chi connectivity index (χ3n) is 6.20. The fourth-order valence-electron chi connectivity index (χ4n) is 4.74. The summed E-state index contributed by atoms with van der Waals surface area (Å²) in [5.41, 5.74) is 6.79. The van der Waals surface area contributed by atoms with E-state index in [4.69, 9.17) is 15.2 Å². The number of para-hydroxylation sites is 1. The van der Waals surface area contributed by atoms with Crippen molar-refractivity contribution in [3.8, 4) is 11.5 Å². The second-order valence-corrected chi connectivity index (χ2v) is 8.12. The smallest absolute Gasteiger partial charge is 0.250 e.